The molecule has 0 saturated carbocycles. The minimum absolute atomic E-state index is 0.320. The molecule has 5 aromatic rings. The van der Waals surface area contributed by atoms with Crippen LogP contribution in [0.1, 0.15) is 5.69 Å². The van der Waals surface area contributed by atoms with Gasteiger partial charge < -0.3 is 9.47 Å². The van der Waals surface area contributed by atoms with Crippen LogP contribution in [0, 0.1) is 0 Å². The van der Waals surface area contributed by atoms with E-state index < -0.39 is 11.9 Å². The first-order valence-electron chi connectivity index (χ1n) is 9.52. The molecule has 2 heterocycles. The van der Waals surface area contributed by atoms with E-state index in [1.54, 1.807) is 30.1 Å². The van der Waals surface area contributed by atoms with Crippen molar-refractivity contribution in [2.75, 3.05) is 11.9 Å². The van der Waals surface area contributed by atoms with E-state index >= 15 is 0 Å². The van der Waals surface area contributed by atoms with Crippen LogP contribution in [0.4, 0.5) is 24.5 Å². The average Bonchev–Trinajstić information content (AvgIpc) is 3.04. The molecule has 0 radical (unpaired) electrons. The van der Waals surface area contributed by atoms with Gasteiger partial charge in [-0.15, -0.1) is 0 Å². The van der Waals surface area contributed by atoms with Gasteiger partial charge in [-0.3, -0.25) is 0 Å². The molecule has 30 heavy (non-hydrogen) atoms. The Labute approximate surface area is 171 Å². The molecule has 0 aliphatic rings. The maximum atomic E-state index is 13.5. The van der Waals surface area contributed by atoms with Gasteiger partial charge in [-0.25, -0.2) is 4.98 Å². The van der Waals surface area contributed by atoms with E-state index in [0.717, 1.165) is 33.6 Å². The molecule has 5 rings (SSSR count). The molecule has 0 spiro atoms. The van der Waals surface area contributed by atoms with Crippen LogP contribution in [0.5, 0.6) is 0 Å². The third kappa shape index (κ3) is 2.79. The minimum atomic E-state index is -4.51. The summed E-state index contributed by atoms with van der Waals surface area (Å²) in [6.07, 6.45) is -4.51. The van der Waals surface area contributed by atoms with Crippen LogP contribution >= 0.6 is 0 Å². The number of nitrogens with zero attached hydrogens (tertiary/aromatic N) is 3. The largest absolute Gasteiger partial charge is 0.433 e. The van der Waals surface area contributed by atoms with Crippen molar-refractivity contribution in [3.05, 3.63) is 78.5 Å². The number of pyridine rings is 1. The van der Waals surface area contributed by atoms with E-state index in [4.69, 9.17) is 0 Å². The number of benzene rings is 3. The quantitative estimate of drug-likeness (QED) is 0.327. The fourth-order valence-electron chi connectivity index (χ4n) is 4.08. The number of para-hydroxylation sites is 2. The van der Waals surface area contributed by atoms with Crippen LogP contribution in [0.15, 0.2) is 72.8 Å². The summed E-state index contributed by atoms with van der Waals surface area (Å²) in [5, 5.41) is 2.85. The number of anilines is 2. The summed E-state index contributed by atoms with van der Waals surface area (Å²) in [5.74, 6) is 0. The first kappa shape index (κ1) is 18.5. The molecule has 0 atom stereocenters. The number of rotatable bonds is 2. The van der Waals surface area contributed by atoms with Crippen LogP contribution in [-0.4, -0.2) is 16.6 Å². The second-order valence-electron chi connectivity index (χ2n) is 7.38. The first-order chi connectivity index (χ1) is 14.3. The van der Waals surface area contributed by atoms with Crippen molar-refractivity contribution in [1.82, 2.24) is 9.55 Å². The van der Waals surface area contributed by atoms with Crippen LogP contribution < -0.4 is 4.90 Å². The molecule has 0 bridgehead atoms. The molecule has 0 saturated heterocycles. The number of fused-ring (bicyclic) bond motifs is 4. The van der Waals surface area contributed by atoms with Crippen molar-refractivity contribution in [2.45, 2.75) is 6.18 Å². The Morgan fingerprint density at radius 1 is 0.800 bits per heavy atom. The molecule has 3 aromatic carbocycles. The number of halogens is 3. The van der Waals surface area contributed by atoms with E-state index in [2.05, 4.69) is 21.7 Å². The zero-order chi connectivity index (χ0) is 21.0. The first-order valence-corrected chi connectivity index (χ1v) is 9.52. The van der Waals surface area contributed by atoms with Gasteiger partial charge in [0.2, 0.25) is 0 Å². The summed E-state index contributed by atoms with van der Waals surface area (Å²) in [6.45, 7) is 0. The third-order valence-electron chi connectivity index (χ3n) is 5.63. The van der Waals surface area contributed by atoms with E-state index in [0.29, 0.717) is 16.6 Å². The second-order valence-corrected chi connectivity index (χ2v) is 7.38. The molecule has 150 valence electrons. The van der Waals surface area contributed by atoms with Crippen molar-refractivity contribution in [1.29, 1.82) is 0 Å². The zero-order valence-electron chi connectivity index (χ0n) is 16.4. The highest BCUT2D eigenvalue weighted by Crippen LogP contribution is 2.38. The smallest absolute Gasteiger partial charge is 0.344 e. The number of hydrogen-bond donors (Lipinski definition) is 0. The Morgan fingerprint density at radius 2 is 1.47 bits per heavy atom. The molecule has 0 fully saturated rings. The fourth-order valence-corrected chi connectivity index (χ4v) is 4.08. The fraction of sp³-hybridized carbons (Fsp3) is 0.125. The SMILES string of the molecule is CN(c1ccc2c(c1)c1ccccc1n2C)c1cc(C(F)(F)F)nc2ccccc12. The van der Waals surface area contributed by atoms with E-state index in [1.807, 2.05) is 43.4 Å². The molecular formula is C24H18F3N3. The molecule has 6 heteroatoms. The molecule has 0 aliphatic heterocycles. The summed E-state index contributed by atoms with van der Waals surface area (Å²) in [7, 11) is 3.80. The molecule has 0 N–H and O–H groups in total. The highest BCUT2D eigenvalue weighted by Gasteiger charge is 2.33. The van der Waals surface area contributed by atoms with Gasteiger partial charge >= 0.3 is 6.18 Å². The normalized spacial score (nSPS) is 12.2. The average molecular weight is 405 g/mol. The van der Waals surface area contributed by atoms with Crippen LogP contribution in [0.2, 0.25) is 0 Å². The summed E-state index contributed by atoms with van der Waals surface area (Å²) < 4.78 is 42.5. The second kappa shape index (κ2) is 6.49. The van der Waals surface area contributed by atoms with Gasteiger partial charge in [0.25, 0.3) is 0 Å². The van der Waals surface area contributed by atoms with Crippen molar-refractivity contribution in [3.63, 3.8) is 0 Å². The number of alkyl halides is 3. The standard InChI is InChI=1S/C24H18F3N3/c1-29(22-14-23(24(25,26)27)28-19-9-5-3-8-17(19)22)15-11-12-21-18(13-15)16-7-4-6-10-20(16)30(21)2/h3-14H,1-2H3. The molecule has 0 unspecified atom stereocenters. The summed E-state index contributed by atoms with van der Waals surface area (Å²) in [6, 6.07) is 22.1. The Kier molecular flexibility index (Phi) is 4.00. The molecular weight excluding hydrogens is 387 g/mol. The Bertz CT molecular complexity index is 1420. The van der Waals surface area contributed by atoms with Crippen LogP contribution in [0.3, 0.4) is 0 Å². The van der Waals surface area contributed by atoms with Crippen LogP contribution in [-0.2, 0) is 13.2 Å². The lowest BCUT2D eigenvalue weighted by Crippen LogP contribution is -2.14. The monoisotopic (exact) mass is 405 g/mol. The van der Waals surface area contributed by atoms with Crippen molar-refractivity contribution in [3.8, 4) is 0 Å². The van der Waals surface area contributed by atoms with Crippen molar-refractivity contribution < 1.29 is 13.2 Å². The molecule has 0 aliphatic carbocycles. The molecule has 2 aromatic heterocycles. The lowest BCUT2D eigenvalue weighted by atomic mass is 10.1. The Morgan fingerprint density at radius 3 is 2.23 bits per heavy atom. The topological polar surface area (TPSA) is 21.1 Å². The zero-order valence-corrected chi connectivity index (χ0v) is 16.4. The summed E-state index contributed by atoms with van der Waals surface area (Å²) in [4.78, 5) is 5.61. The highest BCUT2D eigenvalue weighted by molar-refractivity contribution is 6.09. The Balaban J connectivity index is 1.73. The van der Waals surface area contributed by atoms with Crippen molar-refractivity contribution >= 4 is 44.1 Å². The Hall–Kier alpha value is -3.54. The van der Waals surface area contributed by atoms with Gasteiger partial charge in [-0.1, -0.05) is 36.4 Å². The maximum Gasteiger partial charge on any atom is 0.433 e. The van der Waals surface area contributed by atoms with Gasteiger partial charge in [-0.2, -0.15) is 13.2 Å². The predicted molar refractivity (Wildman–Crippen MR) is 115 cm³/mol. The molecule has 0 amide bonds. The highest BCUT2D eigenvalue weighted by atomic mass is 19.4. The van der Waals surface area contributed by atoms with E-state index in [1.165, 1.54) is 0 Å². The van der Waals surface area contributed by atoms with Crippen molar-refractivity contribution in [2.24, 2.45) is 7.05 Å². The van der Waals surface area contributed by atoms with E-state index in [9.17, 15) is 13.2 Å². The number of aromatic nitrogens is 2. The van der Waals surface area contributed by atoms with Gasteiger partial charge in [0.05, 0.1) is 11.2 Å². The van der Waals surface area contributed by atoms with Gasteiger partial charge in [0.15, 0.2) is 0 Å². The number of aryl methyl sites for hydroxylation is 1. The van der Waals surface area contributed by atoms with E-state index in [-0.39, 0.29) is 0 Å². The molecule has 3 nitrogen and oxygen atoms in total. The van der Waals surface area contributed by atoms with Gasteiger partial charge in [0, 0.05) is 47.0 Å². The number of hydrogen-bond acceptors (Lipinski definition) is 2. The lowest BCUT2D eigenvalue weighted by Gasteiger charge is -2.23. The third-order valence-corrected chi connectivity index (χ3v) is 5.63. The lowest BCUT2D eigenvalue weighted by molar-refractivity contribution is -0.140. The summed E-state index contributed by atoms with van der Waals surface area (Å²) in [5.41, 5.74) is 2.88. The van der Waals surface area contributed by atoms with Crippen LogP contribution in [0.25, 0.3) is 32.7 Å². The van der Waals surface area contributed by atoms with Gasteiger partial charge in [-0.05, 0) is 36.4 Å². The van der Waals surface area contributed by atoms with Gasteiger partial charge in [0.1, 0.15) is 5.69 Å². The predicted octanol–water partition coefficient (Wildman–Crippen LogP) is 6.67. The summed E-state index contributed by atoms with van der Waals surface area (Å²) >= 11 is 0. The maximum absolute atomic E-state index is 13.5. The minimum Gasteiger partial charge on any atom is -0.344 e.